The van der Waals surface area contributed by atoms with Crippen LogP contribution in [0.3, 0.4) is 0 Å². The van der Waals surface area contributed by atoms with Crippen molar-refractivity contribution in [2.75, 3.05) is 0 Å². The van der Waals surface area contributed by atoms with Crippen LogP contribution in [0.15, 0.2) is 42.7 Å². The lowest BCUT2D eigenvalue weighted by Crippen LogP contribution is -2.31. The van der Waals surface area contributed by atoms with Crippen LogP contribution >= 0.6 is 0 Å². The second-order valence-electron chi connectivity index (χ2n) is 4.70. The molecule has 0 spiro atoms. The van der Waals surface area contributed by atoms with Crippen LogP contribution < -0.4 is 9.67 Å². The fourth-order valence-electron chi connectivity index (χ4n) is 1.80. The zero-order valence-electron chi connectivity index (χ0n) is 13.1. The molecule has 132 valence electrons. The average Bonchev–Trinajstić information content (AvgIpc) is 2.56. The van der Waals surface area contributed by atoms with Gasteiger partial charge in [0.05, 0.1) is 32.7 Å². The molecule has 0 N–H and O–H groups in total. The summed E-state index contributed by atoms with van der Waals surface area (Å²) in [6.07, 6.45) is 5.38. The second kappa shape index (κ2) is 8.86. The molecule has 25 heavy (non-hydrogen) atoms. The molecule has 1 aromatic heterocycles. The molecular formula is C14H14N4O7. The van der Waals surface area contributed by atoms with Crippen molar-refractivity contribution < 1.29 is 24.4 Å². The standard InChI is InChI=1S/C8H12N.C6H3N3O7/c1-2-6-9-7-4-3-5-8-9;10-6-4(8(13)14)1-3(7(11)12)2-5(6)9(15)16/h3-5,7-8H,2,6H2,1H3;1-2,10H/q+1;/p-1. The van der Waals surface area contributed by atoms with E-state index in [1.165, 1.54) is 6.42 Å². The SMILES string of the molecule is CCC[n+]1ccccc1.O=[N+]([O-])c1cc([N+](=O)[O-])c([O-])c([N+](=O)[O-])c1. The number of non-ortho nitro benzene ring substituents is 1. The largest absolute Gasteiger partial charge is 0.863 e. The highest BCUT2D eigenvalue weighted by atomic mass is 16.6. The topological polar surface area (TPSA) is 156 Å². The molecule has 0 aliphatic rings. The number of nitro benzene ring substituents is 3. The van der Waals surface area contributed by atoms with Crippen LogP contribution in [0, 0.1) is 30.3 Å². The van der Waals surface area contributed by atoms with Gasteiger partial charge in [-0.2, -0.15) is 0 Å². The van der Waals surface area contributed by atoms with Gasteiger partial charge in [-0.15, -0.1) is 0 Å². The number of pyridine rings is 1. The first-order chi connectivity index (χ1) is 11.8. The number of benzene rings is 1. The average molecular weight is 350 g/mol. The van der Waals surface area contributed by atoms with Crippen LogP contribution in [-0.4, -0.2) is 14.8 Å². The number of nitrogens with zero attached hydrogens (tertiary/aromatic N) is 4. The van der Waals surface area contributed by atoms with Crippen LogP contribution in [0.4, 0.5) is 17.1 Å². The quantitative estimate of drug-likeness (QED) is 0.452. The Labute approximate surface area is 141 Å². The van der Waals surface area contributed by atoms with Gasteiger partial charge in [0.15, 0.2) is 12.4 Å². The van der Waals surface area contributed by atoms with Crippen LogP contribution in [0.5, 0.6) is 5.75 Å². The maximum Gasteiger partial charge on any atom is 0.283 e. The minimum atomic E-state index is -1.46. The number of hydrogen-bond donors (Lipinski definition) is 0. The molecule has 0 aliphatic heterocycles. The molecule has 0 atom stereocenters. The first-order valence-electron chi connectivity index (χ1n) is 7.00. The third-order valence-electron chi connectivity index (χ3n) is 2.90. The van der Waals surface area contributed by atoms with E-state index in [0.717, 1.165) is 6.54 Å². The predicted molar refractivity (Wildman–Crippen MR) is 82.8 cm³/mol. The number of aromatic nitrogens is 1. The molecule has 0 unspecified atom stereocenters. The third-order valence-corrected chi connectivity index (χ3v) is 2.90. The molecule has 0 amide bonds. The number of hydrogen-bond acceptors (Lipinski definition) is 7. The predicted octanol–water partition coefficient (Wildman–Crippen LogP) is 1.87. The maximum absolute atomic E-state index is 11.1. The lowest BCUT2D eigenvalue weighted by atomic mass is 10.2. The molecule has 0 saturated carbocycles. The molecule has 11 nitrogen and oxygen atoms in total. The molecule has 1 heterocycles. The highest BCUT2D eigenvalue weighted by Crippen LogP contribution is 2.36. The fraction of sp³-hybridized carbons (Fsp3) is 0.214. The molecular weight excluding hydrogens is 336 g/mol. The number of nitro groups is 3. The highest BCUT2D eigenvalue weighted by molar-refractivity contribution is 5.63. The Balaban J connectivity index is 0.000000293. The van der Waals surface area contributed by atoms with Gasteiger partial charge in [0, 0.05) is 18.6 Å². The molecule has 2 rings (SSSR count). The van der Waals surface area contributed by atoms with Crippen molar-refractivity contribution in [2.45, 2.75) is 19.9 Å². The van der Waals surface area contributed by atoms with Gasteiger partial charge in [0.2, 0.25) is 0 Å². The van der Waals surface area contributed by atoms with E-state index in [1.54, 1.807) is 0 Å². The summed E-state index contributed by atoms with van der Waals surface area (Å²) in [5.41, 5.74) is -3.26. The highest BCUT2D eigenvalue weighted by Gasteiger charge is 2.24. The lowest BCUT2D eigenvalue weighted by molar-refractivity contribution is -0.697. The molecule has 0 saturated heterocycles. The van der Waals surface area contributed by atoms with Crippen molar-refractivity contribution in [1.29, 1.82) is 0 Å². The van der Waals surface area contributed by atoms with Crippen molar-refractivity contribution in [3.63, 3.8) is 0 Å². The van der Waals surface area contributed by atoms with Gasteiger partial charge in [-0.3, -0.25) is 30.3 Å². The summed E-state index contributed by atoms with van der Waals surface area (Å²) in [5, 5.41) is 42.1. The van der Waals surface area contributed by atoms with E-state index < -0.39 is 37.6 Å². The summed E-state index contributed by atoms with van der Waals surface area (Å²) in [7, 11) is 0. The molecule has 2 aromatic rings. The van der Waals surface area contributed by atoms with Gasteiger partial charge >= 0.3 is 0 Å². The molecule has 0 bridgehead atoms. The van der Waals surface area contributed by atoms with Crippen molar-refractivity contribution in [3.8, 4) is 5.75 Å². The van der Waals surface area contributed by atoms with Crippen molar-refractivity contribution in [1.82, 2.24) is 0 Å². The third kappa shape index (κ3) is 5.49. The van der Waals surface area contributed by atoms with Crippen molar-refractivity contribution in [3.05, 3.63) is 73.1 Å². The maximum atomic E-state index is 11.1. The van der Waals surface area contributed by atoms with E-state index in [1.807, 2.05) is 6.07 Å². The van der Waals surface area contributed by atoms with E-state index in [0.29, 0.717) is 12.1 Å². The van der Waals surface area contributed by atoms with E-state index in [2.05, 4.69) is 36.0 Å². The fourth-order valence-corrected chi connectivity index (χ4v) is 1.80. The van der Waals surface area contributed by atoms with Gasteiger partial charge in [-0.25, -0.2) is 4.57 Å². The number of aryl methyl sites for hydroxylation is 1. The first-order valence-corrected chi connectivity index (χ1v) is 7.00. The molecule has 0 fully saturated rings. The smallest absolute Gasteiger partial charge is 0.283 e. The summed E-state index contributed by atoms with van der Waals surface area (Å²) in [6.45, 7) is 3.31. The van der Waals surface area contributed by atoms with Crippen LogP contribution in [0.25, 0.3) is 0 Å². The minimum absolute atomic E-state index is 0.384. The Hall–Kier alpha value is -3.63. The van der Waals surface area contributed by atoms with Gasteiger partial charge in [-0.05, 0) is 0 Å². The summed E-state index contributed by atoms with van der Waals surface area (Å²) in [4.78, 5) is 27.5. The van der Waals surface area contributed by atoms with E-state index in [-0.39, 0.29) is 0 Å². The van der Waals surface area contributed by atoms with Crippen LogP contribution in [0.2, 0.25) is 0 Å². The first kappa shape index (κ1) is 19.4. The van der Waals surface area contributed by atoms with E-state index in [9.17, 15) is 35.4 Å². The lowest BCUT2D eigenvalue weighted by Gasteiger charge is -2.06. The summed E-state index contributed by atoms with van der Waals surface area (Å²) in [6, 6.07) is 6.90. The van der Waals surface area contributed by atoms with Gasteiger partial charge in [0.25, 0.3) is 17.1 Å². The summed E-state index contributed by atoms with van der Waals surface area (Å²) >= 11 is 0. The van der Waals surface area contributed by atoms with Gasteiger partial charge < -0.3 is 5.11 Å². The summed E-state index contributed by atoms with van der Waals surface area (Å²) < 4.78 is 2.18. The molecule has 0 radical (unpaired) electrons. The molecule has 11 heteroatoms. The Bertz CT molecular complexity index is 745. The minimum Gasteiger partial charge on any atom is -0.863 e. The molecule has 0 aliphatic carbocycles. The molecule has 1 aromatic carbocycles. The normalized spacial score (nSPS) is 9.64. The van der Waals surface area contributed by atoms with Crippen LogP contribution in [0.1, 0.15) is 13.3 Å². The zero-order valence-corrected chi connectivity index (χ0v) is 13.1. The summed E-state index contributed by atoms with van der Waals surface area (Å²) in [5.74, 6) is -1.46. The Morgan fingerprint density at radius 3 is 1.72 bits per heavy atom. The Morgan fingerprint density at radius 2 is 1.36 bits per heavy atom. The Morgan fingerprint density at radius 1 is 0.880 bits per heavy atom. The van der Waals surface area contributed by atoms with Gasteiger partial charge in [-0.1, -0.05) is 13.0 Å². The monoisotopic (exact) mass is 350 g/mol. The van der Waals surface area contributed by atoms with E-state index >= 15 is 0 Å². The van der Waals surface area contributed by atoms with Crippen molar-refractivity contribution >= 4 is 17.1 Å². The zero-order chi connectivity index (χ0) is 19.0. The van der Waals surface area contributed by atoms with Gasteiger partial charge in [0.1, 0.15) is 6.54 Å². The Kier molecular flexibility index (Phi) is 6.88. The second-order valence-corrected chi connectivity index (χ2v) is 4.70. The van der Waals surface area contributed by atoms with Crippen molar-refractivity contribution in [2.24, 2.45) is 0 Å². The van der Waals surface area contributed by atoms with Crippen LogP contribution in [-0.2, 0) is 6.54 Å². The number of rotatable bonds is 5. The van der Waals surface area contributed by atoms with E-state index in [4.69, 9.17) is 0 Å².